The van der Waals surface area contributed by atoms with Crippen molar-refractivity contribution in [1.29, 1.82) is 0 Å². The first-order chi connectivity index (χ1) is 19.3. The summed E-state index contributed by atoms with van der Waals surface area (Å²) >= 11 is 0. The van der Waals surface area contributed by atoms with E-state index >= 15 is 0 Å². The lowest BCUT2D eigenvalue weighted by atomic mass is 9.80. The van der Waals surface area contributed by atoms with Crippen molar-refractivity contribution in [3.63, 3.8) is 0 Å². The van der Waals surface area contributed by atoms with Gasteiger partial charge in [0.15, 0.2) is 5.60 Å². The topological polar surface area (TPSA) is 137 Å². The number of benzene rings is 5. The molecule has 6 rings (SSSR count). The van der Waals surface area contributed by atoms with E-state index < -0.39 is 11.6 Å². The highest BCUT2D eigenvalue weighted by Crippen LogP contribution is 2.47. The van der Waals surface area contributed by atoms with Crippen LogP contribution in [0.5, 0.6) is 34.5 Å². The number of nitrogens with two attached hydrogens (primary N) is 2. The Kier molecular flexibility index (Phi) is 5.92. The first-order valence-electron chi connectivity index (χ1n) is 12.4. The zero-order valence-electron chi connectivity index (χ0n) is 21.1. The van der Waals surface area contributed by atoms with Crippen molar-refractivity contribution < 1.29 is 29.2 Å². The van der Waals surface area contributed by atoms with E-state index in [1.165, 1.54) is 12.1 Å². The fourth-order valence-electron chi connectivity index (χ4n) is 4.77. The van der Waals surface area contributed by atoms with Crippen LogP contribution in [0.3, 0.4) is 0 Å². The molecule has 0 bridgehead atoms. The average Bonchev–Trinajstić information content (AvgIpc) is 3.27. The number of cyclic esters (lactones) is 1. The van der Waals surface area contributed by atoms with Crippen molar-refractivity contribution in [2.24, 2.45) is 0 Å². The molecule has 0 radical (unpaired) electrons. The van der Waals surface area contributed by atoms with Gasteiger partial charge in [-0.1, -0.05) is 42.5 Å². The second-order valence-corrected chi connectivity index (χ2v) is 9.31. The Morgan fingerprint density at radius 3 is 1.52 bits per heavy atom. The average molecular weight is 533 g/mol. The number of phenols is 2. The summed E-state index contributed by atoms with van der Waals surface area (Å²) < 4.78 is 17.9. The van der Waals surface area contributed by atoms with Gasteiger partial charge in [-0.3, -0.25) is 0 Å². The minimum atomic E-state index is -1.20. The van der Waals surface area contributed by atoms with Crippen molar-refractivity contribution in [2.45, 2.75) is 5.60 Å². The fourth-order valence-corrected chi connectivity index (χ4v) is 4.77. The van der Waals surface area contributed by atoms with E-state index in [4.69, 9.17) is 25.7 Å². The van der Waals surface area contributed by atoms with Crippen molar-refractivity contribution in [1.82, 2.24) is 0 Å². The van der Waals surface area contributed by atoms with E-state index in [1.54, 1.807) is 60.7 Å². The summed E-state index contributed by atoms with van der Waals surface area (Å²) in [7, 11) is 0. The maximum absolute atomic E-state index is 13.0. The Morgan fingerprint density at radius 1 is 0.600 bits per heavy atom. The fraction of sp³-hybridized carbons (Fsp3) is 0.0312. The largest absolute Gasteiger partial charge is 0.506 e. The van der Waals surface area contributed by atoms with Crippen LogP contribution in [0.25, 0.3) is 0 Å². The van der Waals surface area contributed by atoms with Crippen LogP contribution in [-0.4, -0.2) is 16.2 Å². The number of hydrogen-bond donors (Lipinski definition) is 4. The molecule has 8 heteroatoms. The zero-order valence-corrected chi connectivity index (χ0v) is 21.1. The molecule has 1 aliphatic heterocycles. The van der Waals surface area contributed by atoms with Gasteiger partial charge >= 0.3 is 5.97 Å². The van der Waals surface area contributed by atoms with Crippen LogP contribution < -0.4 is 20.9 Å². The highest BCUT2D eigenvalue weighted by molar-refractivity contribution is 5.96. The van der Waals surface area contributed by atoms with Crippen molar-refractivity contribution in [3.05, 3.63) is 131 Å². The van der Waals surface area contributed by atoms with Gasteiger partial charge in [0, 0.05) is 28.8 Å². The summed E-state index contributed by atoms with van der Waals surface area (Å²) in [6, 6.07) is 31.0. The number of anilines is 2. The van der Waals surface area contributed by atoms with Gasteiger partial charge in [0.2, 0.25) is 0 Å². The Hall–Kier alpha value is -5.63. The number of esters is 1. The Morgan fingerprint density at radius 2 is 1.05 bits per heavy atom. The lowest BCUT2D eigenvalue weighted by molar-refractivity contribution is 0.0251. The number of hydrogen-bond acceptors (Lipinski definition) is 8. The maximum atomic E-state index is 13.0. The van der Waals surface area contributed by atoms with E-state index in [0.29, 0.717) is 34.1 Å². The number of rotatable bonds is 6. The number of nitrogen functional groups attached to an aromatic ring is 2. The lowest BCUT2D eigenvalue weighted by Crippen LogP contribution is -2.29. The number of phenolic OH excluding ortho intramolecular Hbond substituents is 2. The molecule has 0 amide bonds. The van der Waals surface area contributed by atoms with Crippen LogP contribution >= 0.6 is 0 Å². The second-order valence-electron chi connectivity index (χ2n) is 9.31. The molecule has 0 aromatic heterocycles. The van der Waals surface area contributed by atoms with E-state index in [1.807, 2.05) is 36.4 Å². The van der Waals surface area contributed by atoms with Gasteiger partial charge < -0.3 is 35.9 Å². The molecular formula is C32H24N2O6. The molecule has 0 fully saturated rings. The van der Waals surface area contributed by atoms with Gasteiger partial charge in [-0.25, -0.2) is 4.79 Å². The van der Waals surface area contributed by atoms with E-state index in [0.717, 1.165) is 11.1 Å². The second kappa shape index (κ2) is 9.59. The summed E-state index contributed by atoms with van der Waals surface area (Å²) in [4.78, 5) is 13.0. The molecule has 0 saturated carbocycles. The van der Waals surface area contributed by atoms with Gasteiger partial charge in [-0.05, 0) is 54.6 Å². The number of carbonyl (C=O) groups excluding carboxylic acids is 1. The normalized spacial score (nSPS) is 13.3. The van der Waals surface area contributed by atoms with Crippen LogP contribution in [0.2, 0.25) is 0 Å². The molecule has 0 unspecified atom stereocenters. The number of ether oxygens (including phenoxy) is 3. The minimum absolute atomic E-state index is 0.0665. The van der Waals surface area contributed by atoms with Crippen LogP contribution in [0.15, 0.2) is 109 Å². The maximum Gasteiger partial charge on any atom is 0.340 e. The van der Waals surface area contributed by atoms with E-state index in [2.05, 4.69) is 0 Å². The van der Waals surface area contributed by atoms with Gasteiger partial charge in [0.1, 0.15) is 34.5 Å². The Labute approximate surface area is 229 Å². The summed E-state index contributed by atoms with van der Waals surface area (Å²) in [5, 5.41) is 19.8. The molecule has 0 aliphatic carbocycles. The summed E-state index contributed by atoms with van der Waals surface area (Å²) in [5.74, 6) is 1.35. The first-order valence-corrected chi connectivity index (χ1v) is 12.4. The van der Waals surface area contributed by atoms with Crippen LogP contribution in [0.1, 0.15) is 27.0 Å². The van der Waals surface area contributed by atoms with Gasteiger partial charge in [0.25, 0.3) is 0 Å². The van der Waals surface area contributed by atoms with Gasteiger partial charge in [0.05, 0.1) is 16.9 Å². The van der Waals surface area contributed by atoms with Gasteiger partial charge in [-0.2, -0.15) is 0 Å². The van der Waals surface area contributed by atoms with Gasteiger partial charge in [-0.15, -0.1) is 0 Å². The molecule has 40 heavy (non-hydrogen) atoms. The van der Waals surface area contributed by atoms with Crippen molar-refractivity contribution in [3.8, 4) is 34.5 Å². The van der Waals surface area contributed by atoms with Crippen LogP contribution in [0.4, 0.5) is 11.4 Å². The highest BCUT2D eigenvalue weighted by atomic mass is 16.6. The lowest BCUT2D eigenvalue weighted by Gasteiger charge is -2.30. The first kappa shape index (κ1) is 24.7. The molecule has 1 heterocycles. The predicted molar refractivity (Wildman–Crippen MR) is 150 cm³/mol. The third-order valence-electron chi connectivity index (χ3n) is 6.77. The molecule has 1 aliphatic rings. The molecule has 198 valence electrons. The molecule has 5 aromatic carbocycles. The highest BCUT2D eigenvalue weighted by Gasteiger charge is 2.48. The molecule has 0 atom stereocenters. The molecular weight excluding hydrogens is 508 g/mol. The Bertz CT molecular complexity index is 1640. The monoisotopic (exact) mass is 532 g/mol. The zero-order chi connectivity index (χ0) is 27.9. The molecule has 8 nitrogen and oxygen atoms in total. The number of aromatic hydroxyl groups is 2. The molecule has 0 saturated heterocycles. The van der Waals surface area contributed by atoms with E-state index in [9.17, 15) is 15.0 Å². The minimum Gasteiger partial charge on any atom is -0.506 e. The molecule has 6 N–H and O–H groups in total. The van der Waals surface area contributed by atoms with E-state index in [-0.39, 0.29) is 22.9 Å². The summed E-state index contributed by atoms with van der Waals surface area (Å²) in [6.45, 7) is 0. The third-order valence-corrected chi connectivity index (χ3v) is 6.77. The predicted octanol–water partition coefficient (Wildman–Crippen LogP) is 6.31. The Balaban J connectivity index is 1.36. The van der Waals surface area contributed by atoms with Crippen LogP contribution in [0, 0.1) is 0 Å². The van der Waals surface area contributed by atoms with Crippen molar-refractivity contribution in [2.75, 3.05) is 11.5 Å². The number of fused-ring (bicyclic) bond motifs is 1. The molecule has 5 aromatic rings. The third kappa shape index (κ3) is 4.27. The number of carbonyl (C=O) groups is 1. The smallest absolute Gasteiger partial charge is 0.340 e. The quantitative estimate of drug-likeness (QED) is 0.113. The van der Waals surface area contributed by atoms with Crippen LogP contribution in [-0.2, 0) is 10.3 Å². The standard InChI is InChI=1S/C32H24N2O6/c33-27-15-13-23(17-29(27)35)38-21-9-5-19(6-10-21)32(26-4-2-1-3-25(26)31(37)40-32)20-7-11-22(12-8-20)39-24-14-16-28(34)30(36)18-24/h1-18,35-36H,33-34H2. The summed E-state index contributed by atoms with van der Waals surface area (Å²) in [5.41, 5.74) is 13.3. The summed E-state index contributed by atoms with van der Waals surface area (Å²) in [6.07, 6.45) is 0. The van der Waals surface area contributed by atoms with Crippen molar-refractivity contribution >= 4 is 17.3 Å². The SMILES string of the molecule is Nc1ccc(Oc2ccc(C3(c4ccc(Oc5ccc(N)c(O)c5)cc4)OC(=O)c4ccccc43)cc2)cc1O. The molecule has 0 spiro atoms.